The highest BCUT2D eigenvalue weighted by Gasteiger charge is 2.53. The maximum absolute atomic E-state index is 15.0. The van der Waals surface area contributed by atoms with Crippen molar-refractivity contribution in [2.75, 3.05) is 24.7 Å². The van der Waals surface area contributed by atoms with Crippen LogP contribution in [0.3, 0.4) is 0 Å². The zero-order chi connectivity index (χ0) is 33.0. The number of rotatable bonds is 10. The molecular weight excluding hydrogens is 695 g/mol. The van der Waals surface area contributed by atoms with Gasteiger partial charge in [-0.3, -0.25) is 27.9 Å². The number of fused-ring (bicyclic) bond motifs is 2. The number of aromatic nitrogens is 9. The number of thiol groups is 2. The van der Waals surface area contributed by atoms with E-state index in [-0.39, 0.29) is 46.9 Å². The quantitative estimate of drug-likeness (QED) is 0.0755. The van der Waals surface area contributed by atoms with Gasteiger partial charge in [-0.2, -0.15) is 9.67 Å². The van der Waals surface area contributed by atoms with Crippen molar-refractivity contribution in [2.45, 2.75) is 49.3 Å². The van der Waals surface area contributed by atoms with Crippen LogP contribution in [0.1, 0.15) is 25.3 Å². The molecule has 8 atom stereocenters. The van der Waals surface area contributed by atoms with Crippen LogP contribution >= 0.6 is 38.1 Å². The fourth-order valence-corrected chi connectivity index (χ4v) is 7.04. The first-order chi connectivity index (χ1) is 21.7. The van der Waals surface area contributed by atoms with Crippen molar-refractivity contribution >= 4 is 72.2 Å². The molecule has 246 valence electrons. The van der Waals surface area contributed by atoms with Crippen LogP contribution in [-0.4, -0.2) is 86.6 Å². The lowest BCUT2D eigenvalue weighted by atomic mass is 9.99. The number of hydrogen-bond donors (Lipinski definition) is 6. The van der Waals surface area contributed by atoms with Gasteiger partial charge >= 0.3 is 13.6 Å². The molecule has 46 heavy (non-hydrogen) atoms. The molecule has 0 saturated carbocycles. The van der Waals surface area contributed by atoms with Crippen LogP contribution in [0.25, 0.3) is 22.3 Å². The molecule has 2 aliphatic rings. The highest BCUT2D eigenvalue weighted by molar-refractivity contribution is 8.44. The summed E-state index contributed by atoms with van der Waals surface area (Å²) in [5, 5.41) is 7.57. The lowest BCUT2D eigenvalue weighted by Gasteiger charge is -2.30. The maximum atomic E-state index is 15.0. The summed E-state index contributed by atoms with van der Waals surface area (Å²) in [5.41, 5.74) is 9.28. The average molecular weight is 720 g/mol. The molecule has 2 unspecified atom stereocenters. The number of nitrogen functional groups attached to an aromatic ring is 2. The molecule has 25 heteroatoms. The van der Waals surface area contributed by atoms with Crippen molar-refractivity contribution in [3.05, 3.63) is 23.0 Å². The van der Waals surface area contributed by atoms with Crippen LogP contribution in [0.2, 0.25) is 0 Å². The number of nitrogens with two attached hydrogens (primary N) is 2. The van der Waals surface area contributed by atoms with Crippen LogP contribution in [0.4, 0.5) is 16.2 Å². The molecule has 0 aliphatic carbocycles. The molecule has 2 saturated heterocycles. The van der Waals surface area contributed by atoms with E-state index in [1.54, 1.807) is 0 Å². The van der Waals surface area contributed by atoms with Crippen molar-refractivity contribution in [3.63, 3.8) is 0 Å². The molecule has 6 heterocycles. The summed E-state index contributed by atoms with van der Waals surface area (Å²) in [6.45, 7) is -10.1. The van der Waals surface area contributed by atoms with Crippen LogP contribution in [0, 0.1) is 12.3 Å². The van der Waals surface area contributed by atoms with Crippen molar-refractivity contribution in [1.29, 1.82) is 0 Å². The van der Waals surface area contributed by atoms with Gasteiger partial charge in [0.1, 0.15) is 43.1 Å². The van der Waals surface area contributed by atoms with Gasteiger partial charge in [-0.25, -0.2) is 28.5 Å². The van der Waals surface area contributed by atoms with Crippen LogP contribution in [-0.2, 0) is 32.2 Å². The van der Waals surface area contributed by atoms with Gasteiger partial charge in [0.2, 0.25) is 5.95 Å². The fourth-order valence-electron chi connectivity index (χ4n) is 4.99. The van der Waals surface area contributed by atoms with Crippen LogP contribution in [0.5, 0.6) is 0 Å². The molecule has 2 aliphatic heterocycles. The number of imidazole rings is 1. The third kappa shape index (κ3) is 6.37. The summed E-state index contributed by atoms with van der Waals surface area (Å²) >= 11 is 7.55. The summed E-state index contributed by atoms with van der Waals surface area (Å²) in [5.74, 6) is 2.24. The monoisotopic (exact) mass is 719 g/mol. The number of hydrogen-bond acceptors (Lipinski definition) is 16. The van der Waals surface area contributed by atoms with Gasteiger partial charge in [0.05, 0.1) is 12.9 Å². The summed E-state index contributed by atoms with van der Waals surface area (Å²) in [6, 6.07) is 0. The Morgan fingerprint density at radius 1 is 1.20 bits per heavy atom. The van der Waals surface area contributed by atoms with E-state index in [4.69, 9.17) is 40.9 Å². The Balaban J connectivity index is 1.18. The molecular formula is C21H24FN11O9P2S2. The molecule has 6 N–H and O–H groups in total. The highest BCUT2D eigenvalue weighted by Crippen LogP contribution is 2.59. The van der Waals surface area contributed by atoms with Gasteiger partial charge < -0.3 is 25.8 Å². The van der Waals surface area contributed by atoms with Gasteiger partial charge in [-0.15, -0.1) is 11.5 Å². The van der Waals surface area contributed by atoms with Crippen LogP contribution < -0.4 is 17.0 Å². The number of nitrogens with one attached hydrogen (secondary N) is 1. The van der Waals surface area contributed by atoms with Crippen molar-refractivity contribution in [1.82, 2.24) is 44.5 Å². The Bertz CT molecular complexity index is 2000. The molecule has 0 amide bonds. The summed E-state index contributed by atoms with van der Waals surface area (Å²) < 4.78 is 70.7. The minimum absolute atomic E-state index is 0.0275. The predicted octanol–water partition coefficient (Wildman–Crippen LogP) is 0.922. The second-order valence-corrected chi connectivity index (χ2v) is 15.7. The van der Waals surface area contributed by atoms with Gasteiger partial charge in [0, 0.05) is 12.8 Å². The van der Waals surface area contributed by atoms with Crippen molar-refractivity contribution < 1.29 is 41.5 Å². The molecule has 4 aromatic rings. The van der Waals surface area contributed by atoms with Gasteiger partial charge in [0.15, 0.2) is 34.5 Å². The Hall–Kier alpha value is -3.16. The Morgan fingerprint density at radius 2 is 1.98 bits per heavy atom. The van der Waals surface area contributed by atoms with Crippen molar-refractivity contribution in [3.8, 4) is 12.3 Å². The minimum atomic E-state index is -4.38. The van der Waals surface area contributed by atoms with E-state index >= 15 is 4.39 Å². The molecule has 0 aromatic carbocycles. The Labute approximate surface area is 267 Å². The lowest BCUT2D eigenvalue weighted by Crippen LogP contribution is -2.43. The number of aromatic amines is 1. The van der Waals surface area contributed by atoms with Gasteiger partial charge in [-0.05, 0) is 0 Å². The summed E-state index contributed by atoms with van der Waals surface area (Å²) in [7, 11) is 0. The molecule has 0 radical (unpaired) electrons. The smallest absolute Gasteiger partial charge is 0.382 e. The number of nitrogens with zero attached hydrogens (tertiary/aromatic N) is 8. The average Bonchev–Trinajstić information content (AvgIpc) is 3.75. The first-order valence-corrected chi connectivity index (χ1v) is 18.5. The largest absolute Gasteiger partial charge is 0.386 e. The third-order valence-electron chi connectivity index (χ3n) is 7.12. The summed E-state index contributed by atoms with van der Waals surface area (Å²) in [6.07, 6.45) is 1.66. The number of terminal acetylenes is 1. The SMILES string of the molecule is C#C[C@]1(COP(=O)(O)S)O[C@@H](n2cnc3c(N)ncnc32)C[C@@H]1OP(=O)(S)OC[C@H]1O[C@@H](n2nnc3c(=O)[nH]c(N)nc32)C[C@H]1F. The standard InChI is InChI=1S/C21H24FN11O9P2S2/c1-2-21(6-39-43(35,36)45)11(4-12(41-21)32-8-27-14-16(23)25-7-26-17(14)32)42-44(37,46)38-5-10-9(22)3-13(40-10)33-18-15(30-31-33)19(34)29-20(24)28-18/h1,7-13H,3-6H2,(H,37,46)(H2,23,25,26)(H2,35,36,45)(H3,24,28,29,34)/t9-,10-,11+,12-,13-,21-,44?/m1/s1. The van der Waals surface area contributed by atoms with E-state index in [9.17, 15) is 18.8 Å². The number of alkyl halides is 1. The molecule has 2 fully saturated rings. The number of H-pyrrole nitrogens is 1. The molecule has 4 aromatic heterocycles. The van der Waals surface area contributed by atoms with E-state index in [0.717, 1.165) is 4.68 Å². The number of anilines is 2. The van der Waals surface area contributed by atoms with Gasteiger partial charge in [0.25, 0.3) is 5.56 Å². The zero-order valence-corrected chi connectivity index (χ0v) is 26.6. The molecule has 6 rings (SSSR count). The topological polar surface area (TPSA) is 273 Å². The Morgan fingerprint density at radius 3 is 2.72 bits per heavy atom. The fraction of sp³-hybridized carbons (Fsp3) is 0.476. The van der Waals surface area contributed by atoms with E-state index in [1.165, 1.54) is 17.2 Å². The predicted molar refractivity (Wildman–Crippen MR) is 162 cm³/mol. The molecule has 0 spiro atoms. The summed E-state index contributed by atoms with van der Waals surface area (Å²) in [4.78, 5) is 40.2. The highest BCUT2D eigenvalue weighted by atomic mass is 32.7. The number of halogens is 1. The second-order valence-electron chi connectivity index (χ2n) is 10.1. The van der Waals surface area contributed by atoms with Crippen LogP contribution in [0.15, 0.2) is 17.4 Å². The first-order valence-electron chi connectivity index (χ1n) is 13.0. The zero-order valence-electron chi connectivity index (χ0n) is 23.1. The normalized spacial score (nSPS) is 29.2. The van der Waals surface area contributed by atoms with E-state index in [0.29, 0.717) is 0 Å². The first kappa shape index (κ1) is 32.8. The lowest BCUT2D eigenvalue weighted by molar-refractivity contribution is -0.0822. The third-order valence-corrected chi connectivity index (χ3v) is 9.56. The Kier molecular flexibility index (Phi) is 8.64. The van der Waals surface area contributed by atoms with E-state index in [1.807, 2.05) is 0 Å². The van der Waals surface area contributed by atoms with E-state index in [2.05, 4.69) is 65.6 Å². The minimum Gasteiger partial charge on any atom is -0.382 e. The second kappa shape index (κ2) is 12.1. The van der Waals surface area contributed by atoms with E-state index < -0.39 is 68.8 Å². The molecule has 20 nitrogen and oxygen atoms in total. The maximum Gasteiger partial charge on any atom is 0.386 e. The molecule has 0 bridgehead atoms. The van der Waals surface area contributed by atoms with Crippen molar-refractivity contribution in [2.24, 2.45) is 0 Å². The van der Waals surface area contributed by atoms with Gasteiger partial charge in [-0.1, -0.05) is 35.6 Å². The number of ether oxygens (including phenoxy) is 2.